The van der Waals surface area contributed by atoms with Crippen molar-refractivity contribution in [2.45, 2.75) is 12.8 Å². The van der Waals surface area contributed by atoms with Crippen LogP contribution in [0.3, 0.4) is 0 Å². The average molecular weight is 305 g/mol. The van der Waals surface area contributed by atoms with E-state index in [1.807, 2.05) is 23.4 Å². The van der Waals surface area contributed by atoms with Crippen molar-refractivity contribution in [3.05, 3.63) is 29.7 Å². The number of aromatic nitrogens is 1. The molecule has 2 aromatic heterocycles. The summed E-state index contributed by atoms with van der Waals surface area (Å²) in [6, 6.07) is 1.86. The predicted molar refractivity (Wildman–Crippen MR) is 82.4 cm³/mol. The molecule has 0 spiro atoms. The Bertz CT molecular complexity index is 586. The number of piperidine rings is 1. The van der Waals surface area contributed by atoms with E-state index in [0.717, 1.165) is 43.0 Å². The van der Waals surface area contributed by atoms with Gasteiger partial charge in [0.05, 0.1) is 6.26 Å². The molecule has 0 atom stereocenters. The quantitative estimate of drug-likeness (QED) is 0.943. The first-order valence-corrected chi connectivity index (χ1v) is 8.08. The first kappa shape index (κ1) is 14.3. The van der Waals surface area contributed by atoms with Crippen LogP contribution in [-0.2, 0) is 0 Å². The maximum absolute atomic E-state index is 12.5. The highest BCUT2D eigenvalue weighted by Crippen LogP contribution is 2.25. The van der Waals surface area contributed by atoms with E-state index in [1.165, 1.54) is 11.3 Å². The van der Waals surface area contributed by atoms with Crippen molar-refractivity contribution in [2.75, 3.05) is 26.7 Å². The Hall–Kier alpha value is -1.66. The second-order valence-electron chi connectivity index (χ2n) is 5.34. The lowest BCUT2D eigenvalue weighted by molar-refractivity contribution is 0.0686. The molecule has 5 nitrogen and oxygen atoms in total. The summed E-state index contributed by atoms with van der Waals surface area (Å²) in [5, 5.41) is 5.88. The number of amides is 1. The van der Waals surface area contributed by atoms with Gasteiger partial charge in [-0.15, -0.1) is 11.3 Å². The Morgan fingerprint density at radius 3 is 3.00 bits per heavy atom. The highest BCUT2D eigenvalue weighted by atomic mass is 32.1. The number of hydrogen-bond donors (Lipinski definition) is 1. The number of furan rings is 1. The molecule has 3 rings (SSSR count). The highest BCUT2D eigenvalue weighted by molar-refractivity contribution is 7.13. The molecule has 0 aliphatic carbocycles. The van der Waals surface area contributed by atoms with E-state index in [4.69, 9.17) is 4.42 Å². The van der Waals surface area contributed by atoms with Crippen molar-refractivity contribution < 1.29 is 9.21 Å². The molecule has 0 aromatic carbocycles. The molecule has 2 aromatic rings. The SMILES string of the molecule is CNCC1CCN(C(=O)c2csc(-c3ccoc3)n2)CC1. The Balaban J connectivity index is 1.64. The molecule has 0 unspecified atom stereocenters. The number of carbonyl (C=O) groups is 1. The van der Waals surface area contributed by atoms with Gasteiger partial charge < -0.3 is 14.6 Å². The molecule has 3 heterocycles. The summed E-state index contributed by atoms with van der Waals surface area (Å²) in [5.41, 5.74) is 1.47. The standard InChI is InChI=1S/C15H19N3O2S/c1-16-8-11-2-5-18(6-3-11)15(19)13-10-21-14(17-13)12-4-7-20-9-12/h4,7,9-11,16H,2-3,5-6,8H2,1H3. The third-order valence-electron chi connectivity index (χ3n) is 3.89. The van der Waals surface area contributed by atoms with Gasteiger partial charge in [-0.3, -0.25) is 4.79 Å². The van der Waals surface area contributed by atoms with Gasteiger partial charge in [0.1, 0.15) is 17.0 Å². The Kier molecular flexibility index (Phi) is 4.36. The van der Waals surface area contributed by atoms with Crippen LogP contribution >= 0.6 is 11.3 Å². The van der Waals surface area contributed by atoms with E-state index in [9.17, 15) is 4.79 Å². The Morgan fingerprint density at radius 2 is 2.33 bits per heavy atom. The van der Waals surface area contributed by atoms with Gasteiger partial charge in [-0.2, -0.15) is 0 Å². The van der Waals surface area contributed by atoms with Crippen molar-refractivity contribution >= 4 is 17.2 Å². The molecule has 1 N–H and O–H groups in total. The van der Waals surface area contributed by atoms with Gasteiger partial charge in [0.25, 0.3) is 5.91 Å². The first-order chi connectivity index (χ1) is 10.3. The van der Waals surface area contributed by atoms with Crippen LogP contribution in [0.5, 0.6) is 0 Å². The molecule has 112 valence electrons. The fraction of sp³-hybridized carbons (Fsp3) is 0.467. The highest BCUT2D eigenvalue weighted by Gasteiger charge is 2.24. The van der Waals surface area contributed by atoms with Gasteiger partial charge in [-0.05, 0) is 38.4 Å². The van der Waals surface area contributed by atoms with Gasteiger partial charge in [0.15, 0.2) is 0 Å². The summed E-state index contributed by atoms with van der Waals surface area (Å²) in [6.07, 6.45) is 5.39. The number of hydrogen-bond acceptors (Lipinski definition) is 5. The molecular formula is C15H19N3O2S. The largest absolute Gasteiger partial charge is 0.472 e. The summed E-state index contributed by atoms with van der Waals surface area (Å²) in [6.45, 7) is 2.68. The maximum Gasteiger partial charge on any atom is 0.273 e. The molecule has 1 fully saturated rings. The van der Waals surface area contributed by atoms with Crippen LogP contribution in [0.1, 0.15) is 23.3 Å². The fourth-order valence-corrected chi connectivity index (χ4v) is 3.46. The van der Waals surface area contributed by atoms with Gasteiger partial charge in [-0.1, -0.05) is 0 Å². The minimum Gasteiger partial charge on any atom is -0.472 e. The molecular weight excluding hydrogens is 286 g/mol. The third-order valence-corrected chi connectivity index (χ3v) is 4.78. The minimum atomic E-state index is 0.0453. The molecule has 6 heteroatoms. The molecule has 1 aliphatic rings. The van der Waals surface area contributed by atoms with Gasteiger partial charge in [0, 0.05) is 24.0 Å². The molecule has 0 saturated carbocycles. The van der Waals surface area contributed by atoms with Crippen molar-refractivity contribution in [1.29, 1.82) is 0 Å². The van der Waals surface area contributed by atoms with Crippen molar-refractivity contribution in [1.82, 2.24) is 15.2 Å². The van der Waals surface area contributed by atoms with Crippen LogP contribution in [0.15, 0.2) is 28.4 Å². The van der Waals surface area contributed by atoms with Crippen LogP contribution < -0.4 is 5.32 Å². The molecule has 1 saturated heterocycles. The predicted octanol–water partition coefficient (Wildman–Crippen LogP) is 2.47. The summed E-state index contributed by atoms with van der Waals surface area (Å²) in [4.78, 5) is 18.8. The van der Waals surface area contributed by atoms with Crippen LogP contribution in [0, 0.1) is 5.92 Å². The smallest absolute Gasteiger partial charge is 0.273 e. The number of nitrogens with zero attached hydrogens (tertiary/aromatic N) is 2. The minimum absolute atomic E-state index is 0.0453. The molecule has 1 amide bonds. The van der Waals surface area contributed by atoms with Crippen LogP contribution in [0.4, 0.5) is 0 Å². The lowest BCUT2D eigenvalue weighted by Crippen LogP contribution is -2.40. The van der Waals surface area contributed by atoms with E-state index >= 15 is 0 Å². The zero-order chi connectivity index (χ0) is 14.7. The monoisotopic (exact) mass is 305 g/mol. The van der Waals surface area contributed by atoms with Crippen molar-refractivity contribution in [3.8, 4) is 10.6 Å². The topological polar surface area (TPSA) is 58.4 Å². The zero-order valence-electron chi connectivity index (χ0n) is 12.0. The molecule has 0 radical (unpaired) electrons. The lowest BCUT2D eigenvalue weighted by Gasteiger charge is -2.31. The Morgan fingerprint density at radius 1 is 1.52 bits per heavy atom. The second-order valence-corrected chi connectivity index (χ2v) is 6.20. The van der Waals surface area contributed by atoms with E-state index in [0.29, 0.717) is 11.6 Å². The summed E-state index contributed by atoms with van der Waals surface area (Å²) < 4.78 is 5.06. The van der Waals surface area contributed by atoms with Crippen LogP contribution in [0.25, 0.3) is 10.6 Å². The number of likely N-dealkylation sites (tertiary alicyclic amines) is 1. The van der Waals surface area contributed by atoms with Crippen LogP contribution in [0.2, 0.25) is 0 Å². The first-order valence-electron chi connectivity index (χ1n) is 7.20. The maximum atomic E-state index is 12.5. The van der Waals surface area contributed by atoms with Crippen molar-refractivity contribution in [2.24, 2.45) is 5.92 Å². The Labute approximate surface area is 128 Å². The van der Waals surface area contributed by atoms with Crippen molar-refractivity contribution in [3.63, 3.8) is 0 Å². The number of rotatable bonds is 4. The van der Waals surface area contributed by atoms with Gasteiger partial charge >= 0.3 is 0 Å². The average Bonchev–Trinajstić information content (AvgIpc) is 3.19. The zero-order valence-corrected chi connectivity index (χ0v) is 12.9. The second kappa shape index (κ2) is 6.41. The third kappa shape index (κ3) is 3.16. The lowest BCUT2D eigenvalue weighted by atomic mass is 9.97. The number of nitrogens with one attached hydrogen (secondary N) is 1. The van der Waals surface area contributed by atoms with E-state index < -0.39 is 0 Å². The fourth-order valence-electron chi connectivity index (χ4n) is 2.68. The number of thiazole rings is 1. The van der Waals surface area contributed by atoms with E-state index in [2.05, 4.69) is 10.3 Å². The van der Waals surface area contributed by atoms with Gasteiger partial charge in [0.2, 0.25) is 0 Å². The van der Waals surface area contributed by atoms with Crippen LogP contribution in [-0.4, -0.2) is 42.5 Å². The molecule has 21 heavy (non-hydrogen) atoms. The van der Waals surface area contributed by atoms with Gasteiger partial charge in [-0.25, -0.2) is 4.98 Å². The summed E-state index contributed by atoms with van der Waals surface area (Å²) in [7, 11) is 1.98. The summed E-state index contributed by atoms with van der Waals surface area (Å²) >= 11 is 1.48. The molecule has 0 bridgehead atoms. The number of carbonyl (C=O) groups excluding carboxylic acids is 1. The van der Waals surface area contributed by atoms with E-state index in [-0.39, 0.29) is 5.91 Å². The molecule has 1 aliphatic heterocycles. The normalized spacial score (nSPS) is 16.3. The van der Waals surface area contributed by atoms with E-state index in [1.54, 1.807) is 12.5 Å². The summed E-state index contributed by atoms with van der Waals surface area (Å²) in [5.74, 6) is 0.722.